The first kappa shape index (κ1) is 16.0. The lowest BCUT2D eigenvalue weighted by Gasteiger charge is -2.30. The fourth-order valence-electron chi connectivity index (χ4n) is 2.85. The highest BCUT2D eigenvalue weighted by molar-refractivity contribution is 5.63. The van der Waals surface area contributed by atoms with Gasteiger partial charge in [-0.1, -0.05) is 19.1 Å². The molecule has 124 valence electrons. The van der Waals surface area contributed by atoms with Gasteiger partial charge in [0.2, 0.25) is 17.7 Å². The van der Waals surface area contributed by atoms with Crippen molar-refractivity contribution >= 4 is 17.6 Å². The fourth-order valence-corrected chi connectivity index (χ4v) is 2.85. The van der Waals surface area contributed by atoms with E-state index in [-0.39, 0.29) is 5.82 Å². The Balaban J connectivity index is 1.90. The molecule has 2 aromatic rings. The summed E-state index contributed by atoms with van der Waals surface area (Å²) in [5.41, 5.74) is 0.744. The lowest BCUT2D eigenvalue weighted by atomic mass is 10.0. The van der Waals surface area contributed by atoms with Crippen LogP contribution in [0.15, 0.2) is 24.3 Å². The first-order valence-corrected chi connectivity index (χ1v) is 8.00. The molecule has 1 aromatic carbocycles. The third-order valence-corrected chi connectivity index (χ3v) is 4.02. The molecule has 0 spiro atoms. The van der Waals surface area contributed by atoms with Crippen molar-refractivity contribution in [1.82, 2.24) is 15.0 Å². The molecule has 0 saturated carbocycles. The zero-order valence-corrected chi connectivity index (χ0v) is 13.9. The van der Waals surface area contributed by atoms with Crippen molar-refractivity contribution in [3.63, 3.8) is 0 Å². The van der Waals surface area contributed by atoms with Crippen molar-refractivity contribution in [1.29, 1.82) is 5.26 Å². The number of piperidine rings is 1. The molecule has 1 unspecified atom stereocenters. The Kier molecular flexibility index (Phi) is 4.75. The average molecular weight is 324 g/mol. The summed E-state index contributed by atoms with van der Waals surface area (Å²) >= 11 is 0. The van der Waals surface area contributed by atoms with Gasteiger partial charge >= 0.3 is 0 Å². The smallest absolute Gasteiger partial charge is 0.238 e. The minimum Gasteiger partial charge on any atom is -0.495 e. The Bertz CT molecular complexity index is 757. The van der Waals surface area contributed by atoms with Gasteiger partial charge in [-0.15, -0.1) is 0 Å². The standard InChI is InChI=1S/C17H20N6O/c1-12-6-5-9-23(11-12)17-21-15(10-18)20-16(22-17)19-13-7-3-4-8-14(13)24-2/h3-4,7-8,12H,5-6,9,11H2,1-2H3,(H,19,20,21,22). The molecule has 7 nitrogen and oxygen atoms in total. The van der Waals surface area contributed by atoms with E-state index in [9.17, 15) is 5.26 Å². The summed E-state index contributed by atoms with van der Waals surface area (Å²) in [4.78, 5) is 15.0. The molecule has 0 bridgehead atoms. The van der Waals surface area contributed by atoms with Crippen LogP contribution < -0.4 is 15.0 Å². The lowest BCUT2D eigenvalue weighted by molar-refractivity contribution is 0.417. The molecule has 1 saturated heterocycles. The number of para-hydroxylation sites is 2. The van der Waals surface area contributed by atoms with Crippen molar-refractivity contribution < 1.29 is 4.74 Å². The maximum Gasteiger partial charge on any atom is 0.238 e. The predicted octanol–water partition coefficient (Wildman–Crippen LogP) is 2.73. The minimum absolute atomic E-state index is 0.107. The third kappa shape index (κ3) is 3.54. The number of hydrogen-bond donors (Lipinski definition) is 1. The Morgan fingerprint density at radius 3 is 2.88 bits per heavy atom. The van der Waals surface area contributed by atoms with E-state index in [4.69, 9.17) is 4.74 Å². The number of nitrogens with one attached hydrogen (secondary N) is 1. The van der Waals surface area contributed by atoms with Gasteiger partial charge in [-0.25, -0.2) is 0 Å². The highest BCUT2D eigenvalue weighted by atomic mass is 16.5. The first-order valence-electron chi connectivity index (χ1n) is 8.00. The van der Waals surface area contributed by atoms with Gasteiger partial charge in [0.1, 0.15) is 11.8 Å². The first-order chi connectivity index (χ1) is 11.7. The van der Waals surface area contributed by atoms with Gasteiger partial charge in [0.25, 0.3) is 0 Å². The second kappa shape index (κ2) is 7.13. The van der Waals surface area contributed by atoms with E-state index in [1.54, 1.807) is 7.11 Å². The summed E-state index contributed by atoms with van der Waals surface area (Å²) < 4.78 is 5.33. The van der Waals surface area contributed by atoms with Crippen molar-refractivity contribution in [2.24, 2.45) is 5.92 Å². The zero-order chi connectivity index (χ0) is 16.9. The Morgan fingerprint density at radius 2 is 2.12 bits per heavy atom. The van der Waals surface area contributed by atoms with Crippen LogP contribution in [0.1, 0.15) is 25.6 Å². The van der Waals surface area contributed by atoms with E-state index < -0.39 is 0 Å². The SMILES string of the molecule is COc1ccccc1Nc1nc(C#N)nc(N2CCCC(C)C2)n1. The summed E-state index contributed by atoms with van der Waals surface area (Å²) in [7, 11) is 1.61. The van der Waals surface area contributed by atoms with Gasteiger partial charge in [-0.05, 0) is 30.9 Å². The molecule has 1 aromatic heterocycles. The molecular formula is C17H20N6O. The second-order valence-corrected chi connectivity index (χ2v) is 5.91. The number of benzene rings is 1. The summed E-state index contributed by atoms with van der Waals surface area (Å²) in [6.45, 7) is 4.00. The second-order valence-electron chi connectivity index (χ2n) is 5.91. The van der Waals surface area contributed by atoms with Crippen LogP contribution in [0.2, 0.25) is 0 Å². The van der Waals surface area contributed by atoms with E-state index in [2.05, 4.69) is 32.1 Å². The van der Waals surface area contributed by atoms with Crippen molar-refractivity contribution in [2.45, 2.75) is 19.8 Å². The van der Waals surface area contributed by atoms with E-state index in [0.29, 0.717) is 23.6 Å². The molecule has 1 aliphatic rings. The molecule has 0 amide bonds. The van der Waals surface area contributed by atoms with Crippen molar-refractivity contribution in [2.75, 3.05) is 30.4 Å². The molecule has 1 N–H and O–H groups in total. The minimum atomic E-state index is 0.107. The number of hydrogen-bond acceptors (Lipinski definition) is 7. The van der Waals surface area contributed by atoms with Crippen LogP contribution in [0.3, 0.4) is 0 Å². The molecular weight excluding hydrogens is 304 g/mol. The number of aromatic nitrogens is 3. The van der Waals surface area contributed by atoms with Gasteiger partial charge in [-0.2, -0.15) is 20.2 Å². The monoisotopic (exact) mass is 324 g/mol. The number of nitriles is 1. The van der Waals surface area contributed by atoms with Crippen LogP contribution in [0.25, 0.3) is 0 Å². The lowest BCUT2D eigenvalue weighted by Crippen LogP contribution is -2.35. The van der Waals surface area contributed by atoms with E-state index in [1.807, 2.05) is 30.3 Å². The quantitative estimate of drug-likeness (QED) is 0.925. The molecule has 7 heteroatoms. The highest BCUT2D eigenvalue weighted by Crippen LogP contribution is 2.26. The van der Waals surface area contributed by atoms with Gasteiger partial charge in [0, 0.05) is 13.1 Å². The summed E-state index contributed by atoms with van der Waals surface area (Å²) in [6, 6.07) is 9.51. The zero-order valence-electron chi connectivity index (χ0n) is 13.9. The molecule has 0 radical (unpaired) electrons. The van der Waals surface area contributed by atoms with E-state index in [0.717, 1.165) is 25.2 Å². The Labute approximate surface area is 141 Å². The van der Waals surface area contributed by atoms with Gasteiger partial charge < -0.3 is 15.0 Å². The van der Waals surface area contributed by atoms with Crippen molar-refractivity contribution in [3.05, 3.63) is 30.1 Å². The largest absolute Gasteiger partial charge is 0.495 e. The van der Waals surface area contributed by atoms with Gasteiger partial charge in [-0.3, -0.25) is 0 Å². The van der Waals surface area contributed by atoms with Crippen LogP contribution >= 0.6 is 0 Å². The molecule has 3 rings (SSSR count). The van der Waals surface area contributed by atoms with E-state index >= 15 is 0 Å². The number of rotatable bonds is 4. The molecule has 24 heavy (non-hydrogen) atoms. The molecule has 1 aliphatic heterocycles. The van der Waals surface area contributed by atoms with Gasteiger partial charge in [0.15, 0.2) is 0 Å². The Morgan fingerprint density at radius 1 is 1.29 bits per heavy atom. The number of nitrogens with zero attached hydrogens (tertiary/aromatic N) is 5. The number of methoxy groups -OCH3 is 1. The highest BCUT2D eigenvalue weighted by Gasteiger charge is 2.20. The molecule has 1 atom stereocenters. The van der Waals surface area contributed by atoms with Crippen LogP contribution in [0.4, 0.5) is 17.6 Å². The van der Waals surface area contributed by atoms with Crippen LogP contribution in [0, 0.1) is 17.2 Å². The van der Waals surface area contributed by atoms with Crippen LogP contribution in [0.5, 0.6) is 5.75 Å². The molecule has 1 fully saturated rings. The van der Waals surface area contributed by atoms with Crippen LogP contribution in [-0.4, -0.2) is 35.2 Å². The predicted molar refractivity (Wildman–Crippen MR) is 91.4 cm³/mol. The van der Waals surface area contributed by atoms with Gasteiger partial charge in [0.05, 0.1) is 12.8 Å². The average Bonchev–Trinajstić information content (AvgIpc) is 2.62. The van der Waals surface area contributed by atoms with Crippen molar-refractivity contribution in [3.8, 4) is 11.8 Å². The maximum atomic E-state index is 9.23. The topological polar surface area (TPSA) is 87.0 Å². The normalized spacial score (nSPS) is 17.2. The summed E-state index contributed by atoms with van der Waals surface area (Å²) in [5.74, 6) is 2.27. The maximum absolute atomic E-state index is 9.23. The third-order valence-electron chi connectivity index (χ3n) is 4.02. The van der Waals surface area contributed by atoms with E-state index in [1.165, 1.54) is 6.42 Å². The fraction of sp³-hybridized carbons (Fsp3) is 0.412. The Hall–Kier alpha value is -2.88. The molecule has 2 heterocycles. The molecule has 0 aliphatic carbocycles. The van der Waals surface area contributed by atoms with Crippen LogP contribution in [-0.2, 0) is 0 Å². The summed E-state index contributed by atoms with van der Waals surface area (Å²) in [5, 5.41) is 12.4. The number of ether oxygens (including phenoxy) is 1. The number of anilines is 3. The summed E-state index contributed by atoms with van der Waals surface area (Å²) in [6.07, 6.45) is 2.31.